The minimum Gasteiger partial charge on any atom is -0.477 e. The van der Waals surface area contributed by atoms with Crippen LogP contribution in [0.15, 0.2) is 10.3 Å². The number of carboxylic acids is 1. The maximum absolute atomic E-state index is 12.5. The van der Waals surface area contributed by atoms with Gasteiger partial charge in [-0.25, -0.2) is 17.9 Å². The van der Waals surface area contributed by atoms with Crippen molar-refractivity contribution in [3.8, 4) is 0 Å². The molecular formula is C13H17NO4S2. The molecule has 1 heterocycles. The summed E-state index contributed by atoms with van der Waals surface area (Å²) in [5.74, 6) is -0.131. The maximum atomic E-state index is 12.5. The van der Waals surface area contributed by atoms with Crippen LogP contribution in [0, 0.1) is 18.8 Å². The van der Waals surface area contributed by atoms with E-state index < -0.39 is 16.0 Å². The van der Waals surface area contributed by atoms with Crippen LogP contribution in [0.5, 0.6) is 0 Å². The number of fused-ring (bicyclic) bond motifs is 2. The van der Waals surface area contributed by atoms with E-state index in [4.69, 9.17) is 5.11 Å². The van der Waals surface area contributed by atoms with Crippen molar-refractivity contribution in [3.05, 3.63) is 15.8 Å². The van der Waals surface area contributed by atoms with Crippen molar-refractivity contribution in [2.75, 3.05) is 0 Å². The largest absolute Gasteiger partial charge is 0.477 e. The number of aryl methyl sites for hydroxylation is 1. The molecule has 0 aliphatic heterocycles. The molecule has 0 aromatic carbocycles. The van der Waals surface area contributed by atoms with E-state index >= 15 is 0 Å². The Morgan fingerprint density at radius 2 is 2.15 bits per heavy atom. The molecule has 20 heavy (non-hydrogen) atoms. The Bertz CT molecular complexity index is 649. The second-order valence-electron chi connectivity index (χ2n) is 5.78. The maximum Gasteiger partial charge on any atom is 0.347 e. The van der Waals surface area contributed by atoms with Gasteiger partial charge < -0.3 is 5.11 Å². The Labute approximate surface area is 122 Å². The Hall–Kier alpha value is -0.920. The molecule has 110 valence electrons. The topological polar surface area (TPSA) is 83.5 Å². The molecule has 2 aliphatic rings. The molecule has 1 aromatic heterocycles. The average molecular weight is 315 g/mol. The van der Waals surface area contributed by atoms with E-state index in [9.17, 15) is 13.2 Å². The molecule has 2 saturated carbocycles. The number of sulfonamides is 1. The highest BCUT2D eigenvalue weighted by Crippen LogP contribution is 2.45. The lowest BCUT2D eigenvalue weighted by atomic mass is 9.96. The molecule has 0 radical (unpaired) electrons. The van der Waals surface area contributed by atoms with Crippen molar-refractivity contribution in [3.63, 3.8) is 0 Å². The number of thiophene rings is 1. The fraction of sp³-hybridized carbons (Fsp3) is 0.615. The van der Waals surface area contributed by atoms with Crippen LogP contribution in [-0.2, 0) is 10.0 Å². The number of hydrogen-bond acceptors (Lipinski definition) is 4. The number of carbonyl (C=O) groups is 1. The van der Waals surface area contributed by atoms with E-state index in [2.05, 4.69) is 4.72 Å². The van der Waals surface area contributed by atoms with Gasteiger partial charge in [0.2, 0.25) is 10.0 Å². The molecule has 2 fully saturated rings. The summed E-state index contributed by atoms with van der Waals surface area (Å²) in [4.78, 5) is 11.0. The molecule has 1 aromatic rings. The summed E-state index contributed by atoms with van der Waals surface area (Å²) in [6.45, 7) is 1.64. The van der Waals surface area contributed by atoms with E-state index in [0.717, 1.165) is 30.6 Å². The molecule has 3 atom stereocenters. The number of hydrogen-bond donors (Lipinski definition) is 2. The van der Waals surface area contributed by atoms with Crippen molar-refractivity contribution >= 4 is 27.3 Å². The number of aromatic carboxylic acids is 1. The van der Waals surface area contributed by atoms with E-state index in [0.29, 0.717) is 17.4 Å². The van der Waals surface area contributed by atoms with Gasteiger partial charge in [0.25, 0.3) is 0 Å². The van der Waals surface area contributed by atoms with Gasteiger partial charge in [0, 0.05) is 6.04 Å². The predicted molar refractivity (Wildman–Crippen MR) is 75.6 cm³/mol. The first-order chi connectivity index (χ1) is 9.38. The molecule has 3 rings (SSSR count). The Morgan fingerprint density at radius 1 is 1.40 bits per heavy atom. The summed E-state index contributed by atoms with van der Waals surface area (Å²) in [7, 11) is -3.75. The molecule has 0 spiro atoms. The van der Waals surface area contributed by atoms with Crippen LogP contribution in [0.1, 0.15) is 40.9 Å². The summed E-state index contributed by atoms with van der Waals surface area (Å²) in [5.41, 5.74) is 0.503. The van der Waals surface area contributed by atoms with Crippen molar-refractivity contribution in [1.29, 1.82) is 0 Å². The van der Waals surface area contributed by atoms with Gasteiger partial charge in [-0.2, -0.15) is 0 Å². The van der Waals surface area contributed by atoms with E-state index in [1.807, 2.05) is 0 Å². The second-order valence-corrected chi connectivity index (χ2v) is 8.32. The van der Waals surface area contributed by atoms with Crippen LogP contribution in [-0.4, -0.2) is 25.5 Å². The zero-order chi connectivity index (χ0) is 14.5. The highest BCUT2D eigenvalue weighted by molar-refractivity contribution is 7.89. The molecule has 0 saturated heterocycles. The molecular weight excluding hydrogens is 298 g/mol. The van der Waals surface area contributed by atoms with E-state index in [1.165, 1.54) is 6.42 Å². The van der Waals surface area contributed by atoms with E-state index in [-0.39, 0.29) is 15.8 Å². The zero-order valence-electron chi connectivity index (χ0n) is 11.1. The third kappa shape index (κ3) is 2.27. The van der Waals surface area contributed by atoms with Crippen molar-refractivity contribution in [2.24, 2.45) is 11.8 Å². The zero-order valence-corrected chi connectivity index (χ0v) is 12.8. The quantitative estimate of drug-likeness (QED) is 0.892. The van der Waals surface area contributed by atoms with Crippen molar-refractivity contribution < 1.29 is 18.3 Å². The lowest BCUT2D eigenvalue weighted by Crippen LogP contribution is -2.39. The van der Waals surface area contributed by atoms with Crippen LogP contribution >= 0.6 is 11.3 Å². The summed E-state index contributed by atoms with van der Waals surface area (Å²) >= 11 is 0.966. The number of nitrogens with one attached hydrogen (secondary N) is 1. The normalized spacial score (nSPS) is 28.9. The van der Waals surface area contributed by atoms with Gasteiger partial charge >= 0.3 is 5.97 Å². The second kappa shape index (κ2) is 4.82. The minimum atomic E-state index is -3.75. The monoisotopic (exact) mass is 315 g/mol. The molecule has 7 heteroatoms. The smallest absolute Gasteiger partial charge is 0.347 e. The SMILES string of the molecule is Cc1csc(C(=O)O)c1S(=O)(=O)NC1CC2CCC1C2. The van der Waals surface area contributed by atoms with Crippen LogP contribution in [0.3, 0.4) is 0 Å². The third-order valence-electron chi connectivity index (χ3n) is 4.43. The Balaban J connectivity index is 1.89. The summed E-state index contributed by atoms with van der Waals surface area (Å²) in [6, 6.07) is -0.0281. The first kappa shape index (κ1) is 14.0. The molecule has 2 aliphatic carbocycles. The van der Waals surface area contributed by atoms with Crippen LogP contribution in [0.4, 0.5) is 0 Å². The molecule has 0 amide bonds. The summed E-state index contributed by atoms with van der Waals surface area (Å²) in [5, 5.41) is 10.7. The van der Waals surface area contributed by atoms with Gasteiger partial charge in [-0.05, 0) is 49.0 Å². The highest BCUT2D eigenvalue weighted by atomic mass is 32.2. The van der Waals surface area contributed by atoms with Gasteiger partial charge in [0.1, 0.15) is 9.77 Å². The van der Waals surface area contributed by atoms with Crippen molar-refractivity contribution in [2.45, 2.75) is 43.5 Å². The standard InChI is InChI=1S/C13H17NO4S2/c1-7-6-19-11(13(15)16)12(7)20(17,18)14-10-5-8-2-3-9(10)4-8/h6,8-10,14H,2-5H2,1H3,(H,15,16). The van der Waals surface area contributed by atoms with Gasteiger partial charge in [0.15, 0.2) is 0 Å². The van der Waals surface area contributed by atoms with Gasteiger partial charge in [-0.1, -0.05) is 6.42 Å². The Kier molecular flexibility index (Phi) is 3.38. The fourth-order valence-corrected chi connectivity index (χ4v) is 6.51. The summed E-state index contributed by atoms with van der Waals surface area (Å²) < 4.78 is 27.7. The first-order valence-electron chi connectivity index (χ1n) is 6.72. The summed E-state index contributed by atoms with van der Waals surface area (Å²) in [6.07, 6.45) is 4.25. The Morgan fingerprint density at radius 3 is 2.70 bits per heavy atom. The molecule has 2 bridgehead atoms. The predicted octanol–water partition coefficient (Wildman–Crippen LogP) is 2.22. The molecule has 5 nitrogen and oxygen atoms in total. The van der Waals surface area contributed by atoms with Gasteiger partial charge in [-0.15, -0.1) is 11.3 Å². The highest BCUT2D eigenvalue weighted by Gasteiger charge is 2.42. The lowest BCUT2D eigenvalue weighted by Gasteiger charge is -2.22. The molecule has 2 N–H and O–H groups in total. The lowest BCUT2D eigenvalue weighted by molar-refractivity contribution is 0.0698. The molecule has 3 unspecified atom stereocenters. The number of carboxylic acid groups (broad SMARTS) is 1. The van der Waals surface area contributed by atoms with Crippen LogP contribution in [0.25, 0.3) is 0 Å². The fourth-order valence-electron chi connectivity index (χ4n) is 3.56. The van der Waals surface area contributed by atoms with E-state index in [1.54, 1.807) is 12.3 Å². The van der Waals surface area contributed by atoms with Crippen LogP contribution in [0.2, 0.25) is 0 Å². The third-order valence-corrected chi connectivity index (χ3v) is 7.32. The van der Waals surface area contributed by atoms with Gasteiger partial charge in [-0.3, -0.25) is 0 Å². The minimum absolute atomic E-state index is 0.0281. The number of rotatable bonds is 4. The average Bonchev–Trinajstić information content (AvgIpc) is 3.02. The van der Waals surface area contributed by atoms with Crippen molar-refractivity contribution in [1.82, 2.24) is 4.72 Å². The first-order valence-corrected chi connectivity index (χ1v) is 9.08. The van der Waals surface area contributed by atoms with Gasteiger partial charge in [0.05, 0.1) is 0 Å². The van der Waals surface area contributed by atoms with Crippen LogP contribution < -0.4 is 4.72 Å².